The smallest absolute Gasteiger partial charge is 0.173 e. The average molecular weight is 437 g/mol. The van der Waals surface area contributed by atoms with Gasteiger partial charge in [0.25, 0.3) is 0 Å². The molecule has 0 saturated carbocycles. The number of nitrogens with one attached hydrogen (secondary N) is 1. The first kappa shape index (κ1) is 21.9. The Kier molecular flexibility index (Phi) is 6.81. The summed E-state index contributed by atoms with van der Waals surface area (Å²) in [5.41, 5.74) is 3.97. The average Bonchev–Trinajstić information content (AvgIpc) is 2.72. The number of Topliss-reactive ketones (excluding diaryl/α,β-unsaturated/α-hetero) is 2. The third kappa shape index (κ3) is 4.51. The molecule has 0 bridgehead atoms. The van der Waals surface area contributed by atoms with Crippen molar-refractivity contribution in [1.29, 1.82) is 5.26 Å². The molecule has 0 aromatic heterocycles. The van der Waals surface area contributed by atoms with Gasteiger partial charge in [-0.3, -0.25) is 9.59 Å². The number of carbonyl (C=O) groups excluding carboxylic acids is 2. The first-order valence-corrected chi connectivity index (χ1v) is 10.8. The van der Waals surface area contributed by atoms with Crippen molar-refractivity contribution in [3.05, 3.63) is 92.1 Å². The molecule has 6 heteroatoms. The maximum absolute atomic E-state index is 12.6. The highest BCUT2D eigenvalue weighted by Gasteiger charge is 2.34. The number of dihydropyridines is 1. The molecule has 2 aromatic carbocycles. The van der Waals surface area contributed by atoms with E-state index in [9.17, 15) is 14.9 Å². The molecule has 3 rings (SSSR count). The highest BCUT2D eigenvalue weighted by atomic mass is 35.5. The molecule has 0 radical (unpaired) electrons. The van der Waals surface area contributed by atoms with Gasteiger partial charge in [0.15, 0.2) is 11.6 Å². The minimum atomic E-state index is -0.570. The van der Waals surface area contributed by atoms with Crippen molar-refractivity contribution >= 4 is 34.9 Å². The lowest BCUT2D eigenvalue weighted by atomic mass is 9.81. The summed E-state index contributed by atoms with van der Waals surface area (Å²) in [7, 11) is 0. The molecule has 0 aliphatic carbocycles. The van der Waals surface area contributed by atoms with Crippen LogP contribution in [0.1, 0.15) is 41.3 Å². The number of allylic oxidation sites excluding steroid dienone is 3. The number of benzene rings is 2. The van der Waals surface area contributed by atoms with E-state index in [2.05, 4.69) is 11.4 Å². The van der Waals surface area contributed by atoms with Crippen molar-refractivity contribution in [3.8, 4) is 6.07 Å². The molecule has 0 fully saturated rings. The second kappa shape index (κ2) is 9.34. The van der Waals surface area contributed by atoms with Gasteiger partial charge in [-0.2, -0.15) is 5.26 Å². The minimum absolute atomic E-state index is 0.0279. The van der Waals surface area contributed by atoms with Crippen LogP contribution in [0.3, 0.4) is 0 Å². The zero-order valence-electron chi connectivity index (χ0n) is 17.0. The van der Waals surface area contributed by atoms with Crippen molar-refractivity contribution < 1.29 is 9.59 Å². The monoisotopic (exact) mass is 436 g/mol. The fourth-order valence-electron chi connectivity index (χ4n) is 3.47. The van der Waals surface area contributed by atoms with Gasteiger partial charge in [-0.25, -0.2) is 0 Å². The maximum Gasteiger partial charge on any atom is 0.173 e. The Hall–Kier alpha value is -2.81. The van der Waals surface area contributed by atoms with Gasteiger partial charge in [0.1, 0.15) is 0 Å². The van der Waals surface area contributed by atoms with Crippen molar-refractivity contribution in [2.75, 3.05) is 5.75 Å². The number of ketones is 2. The van der Waals surface area contributed by atoms with E-state index in [1.54, 1.807) is 25.1 Å². The van der Waals surface area contributed by atoms with Gasteiger partial charge in [-0.05, 0) is 32.4 Å². The van der Waals surface area contributed by atoms with Crippen molar-refractivity contribution in [1.82, 2.24) is 5.32 Å². The molecule has 1 N–H and O–H groups in total. The van der Waals surface area contributed by atoms with Crippen LogP contribution in [-0.2, 0) is 4.79 Å². The van der Waals surface area contributed by atoms with Crippen LogP contribution in [0.25, 0.3) is 0 Å². The predicted octanol–water partition coefficient (Wildman–Crippen LogP) is 5.55. The van der Waals surface area contributed by atoms with Crippen molar-refractivity contribution in [2.45, 2.75) is 26.7 Å². The summed E-state index contributed by atoms with van der Waals surface area (Å²) in [6.45, 7) is 5.25. The lowest BCUT2D eigenvalue weighted by Gasteiger charge is -2.29. The highest BCUT2D eigenvalue weighted by Crippen LogP contribution is 2.43. The molecule has 0 amide bonds. The van der Waals surface area contributed by atoms with Gasteiger partial charge in [0, 0.05) is 21.9 Å². The number of carbonyl (C=O) groups is 2. The van der Waals surface area contributed by atoms with E-state index in [-0.39, 0.29) is 17.3 Å². The molecule has 1 aliphatic rings. The highest BCUT2D eigenvalue weighted by molar-refractivity contribution is 8.03. The number of aryl methyl sites for hydroxylation is 1. The van der Waals surface area contributed by atoms with Crippen molar-refractivity contribution in [2.24, 2.45) is 0 Å². The quantitative estimate of drug-likeness (QED) is 0.601. The van der Waals surface area contributed by atoms with Crippen LogP contribution in [0.2, 0.25) is 5.02 Å². The van der Waals surface area contributed by atoms with Crippen LogP contribution < -0.4 is 5.32 Å². The predicted molar refractivity (Wildman–Crippen MR) is 121 cm³/mol. The Morgan fingerprint density at radius 1 is 1.13 bits per heavy atom. The van der Waals surface area contributed by atoms with Gasteiger partial charge >= 0.3 is 0 Å². The topological polar surface area (TPSA) is 70.0 Å². The molecule has 0 spiro atoms. The molecule has 152 valence electrons. The lowest BCUT2D eigenvalue weighted by Crippen LogP contribution is -2.27. The first-order chi connectivity index (χ1) is 14.3. The molecule has 2 aromatic rings. The third-order valence-electron chi connectivity index (χ3n) is 4.96. The van der Waals surface area contributed by atoms with Gasteiger partial charge in [0.05, 0.1) is 28.3 Å². The summed E-state index contributed by atoms with van der Waals surface area (Å²) in [6, 6.07) is 16.9. The number of nitrogens with zero attached hydrogens (tertiary/aromatic N) is 1. The summed E-state index contributed by atoms with van der Waals surface area (Å²) in [5.74, 6) is -0.550. The number of halogens is 1. The molecule has 1 atom stereocenters. The van der Waals surface area contributed by atoms with E-state index in [0.29, 0.717) is 38.0 Å². The zero-order chi connectivity index (χ0) is 21.8. The number of rotatable bonds is 6. The van der Waals surface area contributed by atoms with E-state index < -0.39 is 5.92 Å². The van der Waals surface area contributed by atoms with E-state index in [4.69, 9.17) is 11.6 Å². The van der Waals surface area contributed by atoms with Gasteiger partial charge in [0.2, 0.25) is 0 Å². The molecule has 4 nitrogen and oxygen atoms in total. The number of nitriles is 1. The van der Waals surface area contributed by atoms with Crippen LogP contribution >= 0.6 is 23.4 Å². The number of hydrogen-bond donors (Lipinski definition) is 1. The first-order valence-electron chi connectivity index (χ1n) is 9.43. The van der Waals surface area contributed by atoms with E-state index in [0.717, 1.165) is 5.56 Å². The third-order valence-corrected chi connectivity index (χ3v) is 6.33. The summed E-state index contributed by atoms with van der Waals surface area (Å²) in [5, 5.41) is 14.2. The van der Waals surface area contributed by atoms with Crippen LogP contribution in [0.5, 0.6) is 0 Å². The van der Waals surface area contributed by atoms with E-state index in [1.807, 2.05) is 37.3 Å². The Morgan fingerprint density at radius 2 is 1.80 bits per heavy atom. The fraction of sp³-hybridized carbons (Fsp3) is 0.208. The Balaban J connectivity index is 1.97. The molecular formula is C24H21ClN2O2S. The second-order valence-electron chi connectivity index (χ2n) is 7.11. The van der Waals surface area contributed by atoms with Crippen LogP contribution in [0.15, 0.2) is 70.4 Å². The van der Waals surface area contributed by atoms with Crippen LogP contribution in [0, 0.1) is 18.3 Å². The van der Waals surface area contributed by atoms with Crippen LogP contribution in [0.4, 0.5) is 0 Å². The molecule has 0 unspecified atom stereocenters. The molecule has 1 aliphatic heterocycles. The van der Waals surface area contributed by atoms with Crippen LogP contribution in [-0.4, -0.2) is 17.3 Å². The fourth-order valence-corrected chi connectivity index (χ4v) is 4.71. The Bertz CT molecular complexity index is 1110. The largest absolute Gasteiger partial charge is 0.353 e. The minimum Gasteiger partial charge on any atom is -0.353 e. The number of thioether (sulfide) groups is 1. The molecule has 0 saturated heterocycles. The zero-order valence-corrected chi connectivity index (χ0v) is 18.5. The van der Waals surface area contributed by atoms with Gasteiger partial charge in [-0.1, -0.05) is 71.4 Å². The molecule has 1 heterocycles. The Labute approximate surface area is 185 Å². The summed E-state index contributed by atoms with van der Waals surface area (Å²) < 4.78 is 0. The molecule has 30 heavy (non-hydrogen) atoms. The standard InChI is InChI=1S/C24H21ClN2O2S/c1-14-8-10-17(11-9-14)21(29)13-30-24-19(12-26)23(18-6-4-5-7-20(18)25)22(16(3)28)15(2)27-24/h4-11,23,27H,13H2,1-3H3/t23-/m0/s1. The number of hydrogen-bond acceptors (Lipinski definition) is 5. The summed E-state index contributed by atoms with van der Waals surface area (Å²) >= 11 is 7.69. The normalized spacial score (nSPS) is 16.2. The summed E-state index contributed by atoms with van der Waals surface area (Å²) in [4.78, 5) is 25.0. The molecular weight excluding hydrogens is 416 g/mol. The van der Waals surface area contributed by atoms with E-state index in [1.165, 1.54) is 18.7 Å². The van der Waals surface area contributed by atoms with Crippen molar-refractivity contribution in [3.63, 3.8) is 0 Å². The maximum atomic E-state index is 12.6. The SMILES string of the molecule is CC(=O)C1=C(C)NC(SCC(=O)c2ccc(C)cc2)=C(C#N)[C@@H]1c1ccccc1Cl. The second-order valence-corrected chi connectivity index (χ2v) is 8.50. The lowest BCUT2D eigenvalue weighted by molar-refractivity contribution is -0.113. The summed E-state index contributed by atoms with van der Waals surface area (Å²) in [6.07, 6.45) is 0. The van der Waals surface area contributed by atoms with Gasteiger partial charge < -0.3 is 5.32 Å². The Morgan fingerprint density at radius 3 is 2.40 bits per heavy atom. The van der Waals surface area contributed by atoms with E-state index >= 15 is 0 Å². The van der Waals surface area contributed by atoms with Gasteiger partial charge in [-0.15, -0.1) is 0 Å².